The lowest BCUT2D eigenvalue weighted by molar-refractivity contribution is -0.118. The van der Waals surface area contributed by atoms with Gasteiger partial charge in [0.2, 0.25) is 5.91 Å². The van der Waals surface area contributed by atoms with Crippen LogP contribution in [0.25, 0.3) is 0 Å². The zero-order valence-corrected chi connectivity index (χ0v) is 24.6. The number of ether oxygens (including phenoxy) is 2. The molecule has 0 unspecified atom stereocenters. The van der Waals surface area contributed by atoms with Gasteiger partial charge >= 0.3 is 0 Å². The van der Waals surface area contributed by atoms with Crippen molar-refractivity contribution in [1.29, 1.82) is 0 Å². The summed E-state index contributed by atoms with van der Waals surface area (Å²) in [5.41, 5.74) is 2.42. The fraction of sp³-hybridized carbons (Fsp3) is 0.600. The first-order valence-electron chi connectivity index (χ1n) is 13.9. The number of thiophene rings is 1. The lowest BCUT2D eigenvalue weighted by atomic mass is 9.72. The van der Waals surface area contributed by atoms with Gasteiger partial charge in [-0.2, -0.15) is 0 Å². The summed E-state index contributed by atoms with van der Waals surface area (Å²) in [5, 5.41) is 6.85. The van der Waals surface area contributed by atoms with E-state index in [4.69, 9.17) is 9.47 Å². The van der Waals surface area contributed by atoms with E-state index in [0.29, 0.717) is 46.3 Å². The van der Waals surface area contributed by atoms with Gasteiger partial charge in [-0.3, -0.25) is 14.5 Å². The molecule has 2 atom stereocenters. The van der Waals surface area contributed by atoms with Gasteiger partial charge < -0.3 is 20.1 Å². The summed E-state index contributed by atoms with van der Waals surface area (Å²) in [6, 6.07) is 5.77. The van der Waals surface area contributed by atoms with Crippen LogP contribution in [0.2, 0.25) is 0 Å². The molecule has 1 aliphatic carbocycles. The molecule has 1 aliphatic heterocycles. The number of methoxy groups -OCH3 is 2. The Labute approximate surface area is 231 Å². The molecule has 0 bridgehead atoms. The van der Waals surface area contributed by atoms with Gasteiger partial charge in [0.1, 0.15) is 16.5 Å². The van der Waals surface area contributed by atoms with Crippen molar-refractivity contribution in [2.75, 3.05) is 37.9 Å². The average molecular weight is 542 g/mol. The molecular weight excluding hydrogens is 498 g/mol. The molecule has 2 aliphatic rings. The molecule has 1 fully saturated rings. The van der Waals surface area contributed by atoms with E-state index < -0.39 is 0 Å². The molecule has 0 saturated carbocycles. The van der Waals surface area contributed by atoms with Gasteiger partial charge in [0.15, 0.2) is 0 Å². The number of nitrogens with one attached hydrogen (secondary N) is 2. The highest BCUT2D eigenvalue weighted by atomic mass is 32.1. The van der Waals surface area contributed by atoms with Crippen molar-refractivity contribution in [1.82, 2.24) is 4.90 Å². The Bertz CT molecular complexity index is 1150. The van der Waals surface area contributed by atoms with Crippen LogP contribution in [-0.4, -0.2) is 50.1 Å². The number of benzene rings is 1. The van der Waals surface area contributed by atoms with E-state index in [2.05, 4.69) is 43.2 Å². The van der Waals surface area contributed by atoms with E-state index >= 15 is 0 Å². The lowest BCUT2D eigenvalue weighted by Crippen LogP contribution is -2.43. The highest BCUT2D eigenvalue weighted by Gasteiger charge is 2.34. The van der Waals surface area contributed by atoms with Crippen molar-refractivity contribution in [2.45, 2.75) is 78.7 Å². The van der Waals surface area contributed by atoms with Crippen LogP contribution in [0.4, 0.5) is 10.7 Å². The van der Waals surface area contributed by atoms with Crippen molar-refractivity contribution in [2.24, 2.45) is 11.3 Å². The Morgan fingerprint density at radius 2 is 1.89 bits per heavy atom. The number of piperidine rings is 1. The first-order valence-corrected chi connectivity index (χ1v) is 14.7. The van der Waals surface area contributed by atoms with E-state index in [1.165, 1.54) is 11.3 Å². The van der Waals surface area contributed by atoms with E-state index in [9.17, 15) is 9.59 Å². The second kappa shape index (κ2) is 12.1. The summed E-state index contributed by atoms with van der Waals surface area (Å²) in [6.07, 6.45) is 7.32. The van der Waals surface area contributed by atoms with Crippen LogP contribution >= 0.6 is 11.3 Å². The molecule has 38 heavy (non-hydrogen) atoms. The maximum atomic E-state index is 13.8. The molecule has 208 valence electrons. The number of amides is 2. The maximum Gasteiger partial charge on any atom is 0.259 e. The third-order valence-electron chi connectivity index (χ3n) is 8.19. The van der Waals surface area contributed by atoms with Crippen LogP contribution in [0, 0.1) is 11.3 Å². The Hall–Kier alpha value is -2.58. The predicted molar refractivity (Wildman–Crippen MR) is 155 cm³/mol. The van der Waals surface area contributed by atoms with Crippen molar-refractivity contribution >= 4 is 33.8 Å². The van der Waals surface area contributed by atoms with Crippen LogP contribution < -0.4 is 20.1 Å². The first kappa shape index (κ1) is 28.4. The van der Waals surface area contributed by atoms with Gasteiger partial charge in [0, 0.05) is 17.0 Å². The SMILES string of the molecule is CC[C@H]1CCCCN1CC(=O)Nc1sc2c(c1C(=O)Nc1ccc(OC)cc1OC)CC[C@@H](C(C)(C)C)C2. The highest BCUT2D eigenvalue weighted by Crippen LogP contribution is 2.45. The topological polar surface area (TPSA) is 79.9 Å². The molecule has 1 aromatic carbocycles. The first-order chi connectivity index (χ1) is 18.1. The number of nitrogens with zero attached hydrogens (tertiary/aromatic N) is 1. The van der Waals surface area contributed by atoms with Crippen molar-refractivity contribution in [3.05, 3.63) is 34.2 Å². The molecule has 1 saturated heterocycles. The molecule has 1 aromatic heterocycles. The number of hydrogen-bond acceptors (Lipinski definition) is 6. The van der Waals surface area contributed by atoms with Crippen LogP contribution in [-0.2, 0) is 17.6 Å². The summed E-state index contributed by atoms with van der Waals surface area (Å²) >= 11 is 1.57. The molecule has 0 spiro atoms. The minimum atomic E-state index is -0.222. The van der Waals surface area contributed by atoms with Crippen LogP contribution in [0.1, 0.15) is 80.6 Å². The predicted octanol–water partition coefficient (Wildman–Crippen LogP) is 6.37. The van der Waals surface area contributed by atoms with Crippen LogP contribution in [0.5, 0.6) is 11.5 Å². The smallest absolute Gasteiger partial charge is 0.259 e. The van der Waals surface area contributed by atoms with E-state index in [-0.39, 0.29) is 17.2 Å². The van der Waals surface area contributed by atoms with E-state index in [1.807, 2.05) is 0 Å². The Morgan fingerprint density at radius 3 is 2.58 bits per heavy atom. The zero-order valence-electron chi connectivity index (χ0n) is 23.7. The third kappa shape index (κ3) is 6.34. The Kier molecular flexibility index (Phi) is 9.04. The fourth-order valence-corrected chi connectivity index (χ4v) is 7.16. The normalized spacial score (nSPS) is 19.9. The standard InChI is InChI=1S/C30H43N3O4S/c1-7-20-10-8-9-15-33(20)18-26(34)32-29-27(22-13-11-19(30(2,3)4)16-25(22)38-29)28(35)31-23-14-12-21(36-5)17-24(23)37-6/h12,14,17,19-20H,7-11,13,15-16,18H2,1-6H3,(H,31,35)(H,32,34)/t19-,20+/m1/s1. The zero-order chi connectivity index (χ0) is 27.4. The number of carbonyl (C=O) groups excluding carboxylic acids is 2. The Morgan fingerprint density at radius 1 is 1.11 bits per heavy atom. The lowest BCUT2D eigenvalue weighted by Gasteiger charge is -2.34. The molecule has 4 rings (SSSR count). The van der Waals surface area contributed by atoms with Crippen molar-refractivity contribution in [3.63, 3.8) is 0 Å². The van der Waals surface area contributed by atoms with Crippen molar-refractivity contribution in [3.8, 4) is 11.5 Å². The molecular formula is C30H43N3O4S. The quantitative estimate of drug-likeness (QED) is 0.406. The van der Waals surface area contributed by atoms with Gasteiger partial charge in [-0.15, -0.1) is 11.3 Å². The number of likely N-dealkylation sites (tertiary alicyclic amines) is 1. The fourth-order valence-electron chi connectivity index (χ4n) is 5.82. The molecule has 8 heteroatoms. The minimum Gasteiger partial charge on any atom is -0.497 e. The second-order valence-electron chi connectivity index (χ2n) is 11.6. The van der Waals surface area contributed by atoms with Crippen LogP contribution in [0.3, 0.4) is 0 Å². The largest absolute Gasteiger partial charge is 0.497 e. The van der Waals surface area contributed by atoms with Gasteiger partial charge in [0.25, 0.3) is 5.91 Å². The average Bonchev–Trinajstić information content (AvgIpc) is 3.25. The minimum absolute atomic E-state index is 0.0487. The third-order valence-corrected chi connectivity index (χ3v) is 9.36. The summed E-state index contributed by atoms with van der Waals surface area (Å²) in [4.78, 5) is 30.6. The molecule has 2 heterocycles. The molecule has 2 aromatic rings. The summed E-state index contributed by atoms with van der Waals surface area (Å²) in [6.45, 7) is 10.3. The summed E-state index contributed by atoms with van der Waals surface area (Å²) in [5.74, 6) is 1.44. The van der Waals surface area contributed by atoms with Gasteiger partial charge in [-0.05, 0) is 74.1 Å². The van der Waals surface area contributed by atoms with Crippen molar-refractivity contribution < 1.29 is 19.1 Å². The highest BCUT2D eigenvalue weighted by molar-refractivity contribution is 7.17. The Balaban J connectivity index is 1.62. The molecule has 7 nitrogen and oxygen atoms in total. The molecule has 2 N–H and O–H groups in total. The number of rotatable bonds is 8. The summed E-state index contributed by atoms with van der Waals surface area (Å²) < 4.78 is 10.8. The molecule has 2 amide bonds. The van der Waals surface area contributed by atoms with E-state index in [1.54, 1.807) is 43.8 Å². The number of fused-ring (bicyclic) bond motifs is 1. The van der Waals surface area contributed by atoms with Gasteiger partial charge in [-0.25, -0.2) is 0 Å². The van der Waals surface area contributed by atoms with Crippen LogP contribution in [0.15, 0.2) is 18.2 Å². The molecule has 0 radical (unpaired) electrons. The monoisotopic (exact) mass is 541 g/mol. The maximum absolute atomic E-state index is 13.8. The van der Waals surface area contributed by atoms with Gasteiger partial charge in [-0.1, -0.05) is 34.1 Å². The summed E-state index contributed by atoms with van der Waals surface area (Å²) in [7, 11) is 3.16. The van der Waals surface area contributed by atoms with Gasteiger partial charge in [0.05, 0.1) is 32.0 Å². The number of anilines is 2. The number of hydrogen-bond donors (Lipinski definition) is 2. The second-order valence-corrected chi connectivity index (χ2v) is 12.7. The number of carbonyl (C=O) groups is 2. The van der Waals surface area contributed by atoms with E-state index in [0.717, 1.165) is 50.6 Å².